The first-order valence-corrected chi connectivity index (χ1v) is 9.33. The summed E-state index contributed by atoms with van der Waals surface area (Å²) in [5.74, 6) is 0.0900. The standard InChI is InChI=1S/C14H27NO3S/c15-19(16,17)12-14(9-5-6-10-14)11-18-13-7-3-1-2-4-8-13/h13H,1-12H2,(H2,15,16,17). The van der Waals surface area contributed by atoms with Crippen LogP contribution in [0.5, 0.6) is 0 Å². The molecule has 2 N–H and O–H groups in total. The van der Waals surface area contributed by atoms with Gasteiger partial charge in [-0.2, -0.15) is 0 Å². The first kappa shape index (κ1) is 15.3. The van der Waals surface area contributed by atoms with E-state index in [0.29, 0.717) is 12.7 Å². The van der Waals surface area contributed by atoms with Crippen LogP contribution in [0, 0.1) is 5.41 Å². The number of ether oxygens (including phenoxy) is 1. The van der Waals surface area contributed by atoms with Crippen molar-refractivity contribution in [2.45, 2.75) is 70.3 Å². The average molecular weight is 289 g/mol. The maximum Gasteiger partial charge on any atom is 0.209 e. The molecule has 0 unspecified atom stereocenters. The summed E-state index contributed by atoms with van der Waals surface area (Å²) in [5.41, 5.74) is -0.208. The Morgan fingerprint density at radius 2 is 1.58 bits per heavy atom. The first-order valence-electron chi connectivity index (χ1n) is 7.61. The Hall–Kier alpha value is -0.130. The van der Waals surface area contributed by atoms with E-state index in [1.165, 1.54) is 25.7 Å². The van der Waals surface area contributed by atoms with Crippen molar-refractivity contribution in [1.29, 1.82) is 0 Å². The molecule has 2 aliphatic carbocycles. The molecule has 0 spiro atoms. The molecule has 2 aliphatic rings. The highest BCUT2D eigenvalue weighted by Gasteiger charge is 2.38. The summed E-state index contributed by atoms with van der Waals surface area (Å²) in [6.07, 6.45) is 11.8. The molecule has 0 aliphatic heterocycles. The van der Waals surface area contributed by atoms with Crippen molar-refractivity contribution in [2.75, 3.05) is 12.4 Å². The Morgan fingerprint density at radius 1 is 1.00 bits per heavy atom. The van der Waals surface area contributed by atoms with Crippen LogP contribution in [0.2, 0.25) is 0 Å². The van der Waals surface area contributed by atoms with Gasteiger partial charge in [0.2, 0.25) is 10.0 Å². The molecule has 0 aromatic heterocycles. The number of hydrogen-bond acceptors (Lipinski definition) is 3. The highest BCUT2D eigenvalue weighted by molar-refractivity contribution is 7.89. The van der Waals surface area contributed by atoms with Crippen LogP contribution in [0.15, 0.2) is 0 Å². The average Bonchev–Trinajstić information content (AvgIpc) is 2.61. The van der Waals surface area contributed by atoms with Crippen LogP contribution in [0.1, 0.15) is 64.2 Å². The number of sulfonamides is 1. The van der Waals surface area contributed by atoms with E-state index in [2.05, 4.69) is 0 Å². The second-order valence-corrected chi connectivity index (χ2v) is 8.05. The molecule has 0 aromatic rings. The number of rotatable bonds is 5. The van der Waals surface area contributed by atoms with Gasteiger partial charge >= 0.3 is 0 Å². The van der Waals surface area contributed by atoms with Crippen LogP contribution in [-0.2, 0) is 14.8 Å². The number of hydrogen-bond donors (Lipinski definition) is 1. The van der Waals surface area contributed by atoms with Crippen LogP contribution in [-0.4, -0.2) is 26.9 Å². The normalized spacial score (nSPS) is 25.3. The molecule has 0 heterocycles. The van der Waals surface area contributed by atoms with Crippen molar-refractivity contribution in [3.8, 4) is 0 Å². The molecule has 112 valence electrons. The predicted molar refractivity (Wildman–Crippen MR) is 76.3 cm³/mol. The topological polar surface area (TPSA) is 69.4 Å². The summed E-state index contributed by atoms with van der Waals surface area (Å²) in [4.78, 5) is 0. The Labute approximate surface area is 117 Å². The molecule has 2 fully saturated rings. The van der Waals surface area contributed by atoms with Gasteiger partial charge in [0.05, 0.1) is 18.5 Å². The van der Waals surface area contributed by atoms with Crippen molar-refractivity contribution in [2.24, 2.45) is 10.6 Å². The van der Waals surface area contributed by atoms with Crippen LogP contribution in [0.3, 0.4) is 0 Å². The van der Waals surface area contributed by atoms with Gasteiger partial charge in [0.15, 0.2) is 0 Å². The molecule has 0 bridgehead atoms. The number of nitrogens with two attached hydrogens (primary N) is 1. The largest absolute Gasteiger partial charge is 0.378 e. The van der Waals surface area contributed by atoms with Crippen molar-refractivity contribution in [1.82, 2.24) is 0 Å². The van der Waals surface area contributed by atoms with Crippen molar-refractivity contribution in [3.05, 3.63) is 0 Å². The van der Waals surface area contributed by atoms with E-state index in [1.54, 1.807) is 0 Å². The van der Waals surface area contributed by atoms with E-state index < -0.39 is 10.0 Å². The molecule has 0 atom stereocenters. The van der Waals surface area contributed by atoms with E-state index >= 15 is 0 Å². The minimum Gasteiger partial charge on any atom is -0.378 e. The van der Waals surface area contributed by atoms with Crippen LogP contribution in [0.25, 0.3) is 0 Å². The molecule has 5 heteroatoms. The smallest absolute Gasteiger partial charge is 0.209 e. The summed E-state index contributed by atoms with van der Waals surface area (Å²) in [7, 11) is -3.41. The zero-order valence-electron chi connectivity index (χ0n) is 11.8. The van der Waals surface area contributed by atoms with Gasteiger partial charge < -0.3 is 4.74 Å². The zero-order chi connectivity index (χ0) is 13.8. The van der Waals surface area contributed by atoms with Gasteiger partial charge in [-0.05, 0) is 25.7 Å². The monoisotopic (exact) mass is 289 g/mol. The molecule has 0 amide bonds. The van der Waals surface area contributed by atoms with E-state index in [1.807, 2.05) is 0 Å². The highest BCUT2D eigenvalue weighted by atomic mass is 32.2. The third kappa shape index (κ3) is 5.04. The molecule has 2 rings (SSSR count). The Kier molecular flexibility index (Phi) is 5.26. The van der Waals surface area contributed by atoms with Crippen LogP contribution < -0.4 is 5.14 Å². The van der Waals surface area contributed by atoms with Crippen LogP contribution in [0.4, 0.5) is 0 Å². The van der Waals surface area contributed by atoms with Crippen molar-refractivity contribution < 1.29 is 13.2 Å². The third-order valence-electron chi connectivity index (χ3n) is 4.60. The lowest BCUT2D eigenvalue weighted by Crippen LogP contribution is -2.36. The van der Waals surface area contributed by atoms with Gasteiger partial charge in [0.25, 0.3) is 0 Å². The van der Waals surface area contributed by atoms with Gasteiger partial charge in [-0.3, -0.25) is 0 Å². The Balaban J connectivity index is 1.89. The molecule has 4 nitrogen and oxygen atoms in total. The summed E-state index contributed by atoms with van der Waals surface area (Å²) in [6.45, 7) is 0.577. The second-order valence-electron chi connectivity index (χ2n) is 6.44. The predicted octanol–water partition coefficient (Wildman–Crippen LogP) is 2.57. The molecular formula is C14H27NO3S. The highest BCUT2D eigenvalue weighted by Crippen LogP contribution is 2.40. The van der Waals surface area contributed by atoms with Crippen LogP contribution >= 0.6 is 0 Å². The molecule has 0 saturated heterocycles. The molecule has 0 radical (unpaired) electrons. The second kappa shape index (κ2) is 6.55. The maximum atomic E-state index is 11.4. The summed E-state index contributed by atoms with van der Waals surface area (Å²) in [6, 6.07) is 0. The van der Waals surface area contributed by atoms with Crippen molar-refractivity contribution in [3.63, 3.8) is 0 Å². The molecule has 0 aromatic carbocycles. The SMILES string of the molecule is NS(=O)(=O)CC1(COC2CCCCCC2)CCCC1. The lowest BCUT2D eigenvalue weighted by atomic mass is 9.89. The quantitative estimate of drug-likeness (QED) is 0.791. The minimum atomic E-state index is -3.41. The van der Waals surface area contributed by atoms with E-state index in [0.717, 1.165) is 38.5 Å². The molecule has 19 heavy (non-hydrogen) atoms. The molecular weight excluding hydrogens is 262 g/mol. The van der Waals surface area contributed by atoms with Gasteiger partial charge in [-0.1, -0.05) is 38.5 Å². The Morgan fingerprint density at radius 3 is 2.11 bits per heavy atom. The fourth-order valence-electron chi connectivity index (χ4n) is 3.59. The molecule has 2 saturated carbocycles. The van der Waals surface area contributed by atoms with Gasteiger partial charge in [-0.15, -0.1) is 0 Å². The fraction of sp³-hybridized carbons (Fsp3) is 1.00. The third-order valence-corrected chi connectivity index (χ3v) is 5.61. The summed E-state index contributed by atoms with van der Waals surface area (Å²) in [5, 5.41) is 5.25. The minimum absolute atomic E-state index is 0.0900. The van der Waals surface area contributed by atoms with E-state index in [9.17, 15) is 8.42 Å². The van der Waals surface area contributed by atoms with Crippen molar-refractivity contribution >= 4 is 10.0 Å². The lowest BCUT2D eigenvalue weighted by molar-refractivity contribution is -0.00698. The summed E-state index contributed by atoms with van der Waals surface area (Å²) >= 11 is 0. The fourth-order valence-corrected chi connectivity index (χ4v) is 4.81. The first-order chi connectivity index (χ1) is 8.99. The van der Waals surface area contributed by atoms with E-state index in [4.69, 9.17) is 9.88 Å². The summed E-state index contributed by atoms with van der Waals surface area (Å²) < 4.78 is 28.9. The Bertz CT molecular complexity index is 366. The zero-order valence-corrected chi connectivity index (χ0v) is 12.6. The lowest BCUT2D eigenvalue weighted by Gasteiger charge is -2.30. The number of primary sulfonamides is 1. The van der Waals surface area contributed by atoms with E-state index in [-0.39, 0.29) is 11.2 Å². The van der Waals surface area contributed by atoms with Gasteiger partial charge in [0, 0.05) is 5.41 Å². The van der Waals surface area contributed by atoms with Gasteiger partial charge in [-0.25, -0.2) is 13.6 Å². The maximum absolute atomic E-state index is 11.4. The van der Waals surface area contributed by atoms with Gasteiger partial charge in [0.1, 0.15) is 0 Å².